The van der Waals surface area contributed by atoms with Gasteiger partial charge in [-0.05, 0) is 78.7 Å². The van der Waals surface area contributed by atoms with E-state index in [1.54, 1.807) is 10.7 Å². The van der Waals surface area contributed by atoms with Crippen LogP contribution in [0.5, 0.6) is 0 Å². The van der Waals surface area contributed by atoms with E-state index in [4.69, 9.17) is 17.3 Å². The minimum atomic E-state index is 0.600. The second-order valence-electron chi connectivity index (χ2n) is 4.25. The van der Waals surface area contributed by atoms with E-state index in [0.717, 1.165) is 20.2 Å². The number of hydrogen-bond acceptors (Lipinski definition) is 4. The molecule has 0 fully saturated rings. The van der Waals surface area contributed by atoms with Crippen molar-refractivity contribution in [2.45, 2.75) is 0 Å². The van der Waals surface area contributed by atoms with Crippen LogP contribution in [0.3, 0.4) is 0 Å². The number of nitrogen functional groups attached to an aromatic ring is 1. The van der Waals surface area contributed by atoms with Crippen molar-refractivity contribution in [3.05, 3.63) is 50.4 Å². The first-order valence-electron chi connectivity index (χ1n) is 5.85. The van der Waals surface area contributed by atoms with Crippen molar-refractivity contribution in [1.82, 2.24) is 20.2 Å². The van der Waals surface area contributed by atoms with Gasteiger partial charge >= 0.3 is 0 Å². The molecule has 0 spiro atoms. The zero-order chi connectivity index (χ0) is 15.0. The summed E-state index contributed by atoms with van der Waals surface area (Å²) in [7, 11) is 0. The Morgan fingerprint density at radius 1 is 1.05 bits per heavy atom. The summed E-state index contributed by atoms with van der Waals surface area (Å²) in [6.07, 6.45) is 0. The topological polar surface area (TPSA) is 69.6 Å². The lowest BCUT2D eigenvalue weighted by atomic mass is 10.2. The van der Waals surface area contributed by atoms with Crippen molar-refractivity contribution >= 4 is 49.1 Å². The fourth-order valence-electron chi connectivity index (χ4n) is 1.84. The maximum absolute atomic E-state index is 6.01. The summed E-state index contributed by atoms with van der Waals surface area (Å²) in [5.74, 6) is 0.600. The van der Waals surface area contributed by atoms with Gasteiger partial charge in [0.05, 0.1) is 10.7 Å². The number of rotatable bonds is 2. The average Bonchev–Trinajstić information content (AvgIpc) is 2.94. The van der Waals surface area contributed by atoms with E-state index in [1.807, 2.05) is 30.3 Å². The first kappa shape index (κ1) is 14.5. The smallest absolute Gasteiger partial charge is 0.187 e. The van der Waals surface area contributed by atoms with E-state index in [2.05, 4.69) is 47.4 Å². The molecule has 0 radical (unpaired) electrons. The fourth-order valence-corrected chi connectivity index (χ4v) is 2.57. The molecule has 8 heteroatoms. The third-order valence-electron chi connectivity index (χ3n) is 2.87. The lowest BCUT2D eigenvalue weighted by molar-refractivity contribution is 0.791. The van der Waals surface area contributed by atoms with Crippen LogP contribution in [-0.4, -0.2) is 20.2 Å². The molecule has 106 valence electrons. The molecule has 0 unspecified atom stereocenters. The molecule has 3 aromatic rings. The summed E-state index contributed by atoms with van der Waals surface area (Å²) in [6, 6.07) is 11.0. The standard InChI is InChI=1S/C13H8Br2ClN5/c14-9-3-1-7(5-12(9)17)13-18-19-20-21(13)8-2-4-11(16)10(15)6-8/h1-6H,17H2. The number of halogens is 3. The van der Waals surface area contributed by atoms with Crippen molar-refractivity contribution < 1.29 is 0 Å². The first-order valence-corrected chi connectivity index (χ1v) is 7.82. The van der Waals surface area contributed by atoms with Gasteiger partial charge in [-0.15, -0.1) is 5.10 Å². The number of anilines is 1. The predicted octanol–water partition coefficient (Wildman–Crippen LogP) is 4.09. The summed E-state index contributed by atoms with van der Waals surface area (Å²) in [5.41, 5.74) is 8.16. The van der Waals surface area contributed by atoms with Gasteiger partial charge in [0.15, 0.2) is 5.82 Å². The molecule has 1 heterocycles. The van der Waals surface area contributed by atoms with Gasteiger partial charge in [-0.3, -0.25) is 0 Å². The number of benzene rings is 2. The minimum Gasteiger partial charge on any atom is -0.398 e. The lowest BCUT2D eigenvalue weighted by Gasteiger charge is -2.07. The highest BCUT2D eigenvalue weighted by atomic mass is 79.9. The number of hydrogen-bond donors (Lipinski definition) is 1. The molecule has 3 rings (SSSR count). The van der Waals surface area contributed by atoms with E-state index in [-0.39, 0.29) is 0 Å². The second-order valence-corrected chi connectivity index (χ2v) is 6.36. The molecule has 0 saturated heterocycles. The summed E-state index contributed by atoms with van der Waals surface area (Å²) < 4.78 is 3.24. The molecule has 1 aromatic heterocycles. The Kier molecular flexibility index (Phi) is 3.97. The van der Waals surface area contributed by atoms with Crippen LogP contribution in [0, 0.1) is 0 Å². The Bertz CT molecular complexity index is 752. The molecule has 2 N–H and O–H groups in total. The van der Waals surface area contributed by atoms with E-state index in [9.17, 15) is 0 Å². The van der Waals surface area contributed by atoms with Crippen molar-refractivity contribution in [2.24, 2.45) is 0 Å². The number of nitrogens with two attached hydrogens (primary N) is 1. The van der Waals surface area contributed by atoms with Crippen LogP contribution in [0.1, 0.15) is 0 Å². The van der Waals surface area contributed by atoms with E-state index in [0.29, 0.717) is 16.5 Å². The van der Waals surface area contributed by atoms with E-state index < -0.39 is 0 Å². The van der Waals surface area contributed by atoms with Gasteiger partial charge in [-0.25, -0.2) is 0 Å². The molecule has 0 aliphatic carbocycles. The van der Waals surface area contributed by atoms with Crippen LogP contribution in [0.25, 0.3) is 17.1 Å². The Morgan fingerprint density at radius 3 is 2.57 bits per heavy atom. The normalized spacial score (nSPS) is 10.8. The van der Waals surface area contributed by atoms with Gasteiger partial charge < -0.3 is 5.73 Å². The molecule has 21 heavy (non-hydrogen) atoms. The van der Waals surface area contributed by atoms with Gasteiger partial charge in [0.2, 0.25) is 0 Å². The number of aromatic nitrogens is 4. The molecule has 5 nitrogen and oxygen atoms in total. The molecule has 0 saturated carbocycles. The SMILES string of the molecule is Nc1cc(-c2nnnn2-c2ccc(Cl)c(Br)c2)ccc1Br. The van der Waals surface area contributed by atoms with E-state index >= 15 is 0 Å². The Morgan fingerprint density at radius 2 is 1.86 bits per heavy atom. The van der Waals surface area contributed by atoms with Gasteiger partial charge in [0, 0.05) is 20.2 Å². The number of nitrogens with zero attached hydrogens (tertiary/aromatic N) is 4. The molecule has 2 aromatic carbocycles. The van der Waals surface area contributed by atoms with Gasteiger partial charge in [-0.2, -0.15) is 4.68 Å². The average molecular weight is 430 g/mol. The van der Waals surface area contributed by atoms with Gasteiger partial charge in [-0.1, -0.05) is 11.6 Å². The molecular weight excluding hydrogens is 421 g/mol. The molecule has 0 aliphatic heterocycles. The van der Waals surface area contributed by atoms with Crippen LogP contribution in [0.4, 0.5) is 5.69 Å². The van der Waals surface area contributed by atoms with Gasteiger partial charge in [0.1, 0.15) is 0 Å². The van der Waals surface area contributed by atoms with Crippen LogP contribution in [0.2, 0.25) is 5.02 Å². The maximum atomic E-state index is 6.01. The Hall–Kier alpha value is -1.44. The first-order chi connectivity index (χ1) is 10.1. The monoisotopic (exact) mass is 427 g/mol. The highest BCUT2D eigenvalue weighted by molar-refractivity contribution is 9.11. The summed E-state index contributed by atoms with van der Waals surface area (Å²) in [4.78, 5) is 0. The van der Waals surface area contributed by atoms with Crippen LogP contribution >= 0.6 is 43.5 Å². The van der Waals surface area contributed by atoms with Gasteiger partial charge in [0.25, 0.3) is 0 Å². The maximum Gasteiger partial charge on any atom is 0.187 e. The van der Waals surface area contributed by atoms with Crippen molar-refractivity contribution in [2.75, 3.05) is 5.73 Å². The largest absolute Gasteiger partial charge is 0.398 e. The van der Waals surface area contributed by atoms with Crippen molar-refractivity contribution in [3.8, 4) is 17.1 Å². The summed E-state index contributed by atoms with van der Waals surface area (Å²) in [6.45, 7) is 0. The van der Waals surface area contributed by atoms with Crippen molar-refractivity contribution in [3.63, 3.8) is 0 Å². The Labute approximate surface area is 142 Å². The fraction of sp³-hybridized carbons (Fsp3) is 0. The predicted molar refractivity (Wildman–Crippen MR) is 89.4 cm³/mol. The van der Waals surface area contributed by atoms with E-state index in [1.165, 1.54) is 0 Å². The van der Waals surface area contributed by atoms with Crippen LogP contribution in [-0.2, 0) is 0 Å². The summed E-state index contributed by atoms with van der Waals surface area (Å²) >= 11 is 12.8. The van der Waals surface area contributed by atoms with Crippen molar-refractivity contribution in [1.29, 1.82) is 0 Å². The minimum absolute atomic E-state index is 0.600. The second kappa shape index (κ2) is 5.75. The zero-order valence-electron chi connectivity index (χ0n) is 10.5. The molecule has 0 bridgehead atoms. The number of tetrazole rings is 1. The quantitative estimate of drug-likeness (QED) is 0.623. The molecule has 0 atom stereocenters. The molecule has 0 aliphatic rings. The highest BCUT2D eigenvalue weighted by Crippen LogP contribution is 2.29. The van der Waals surface area contributed by atoms with Crippen LogP contribution in [0.15, 0.2) is 45.3 Å². The third-order valence-corrected chi connectivity index (χ3v) is 4.81. The van der Waals surface area contributed by atoms with Crippen LogP contribution < -0.4 is 5.73 Å². The highest BCUT2D eigenvalue weighted by Gasteiger charge is 2.12. The molecular formula is C13H8Br2ClN5. The molecule has 0 amide bonds. The third kappa shape index (κ3) is 2.81. The summed E-state index contributed by atoms with van der Waals surface area (Å²) in [5, 5.41) is 12.5. The zero-order valence-corrected chi connectivity index (χ0v) is 14.4. The lowest BCUT2D eigenvalue weighted by Crippen LogP contribution is -2.00. The Balaban J connectivity index is 2.12.